The summed E-state index contributed by atoms with van der Waals surface area (Å²) >= 11 is 0. The maximum absolute atomic E-state index is 12.5. The van der Waals surface area contributed by atoms with E-state index in [0.717, 1.165) is 0 Å². The van der Waals surface area contributed by atoms with Gasteiger partial charge in [0.25, 0.3) is 0 Å². The Morgan fingerprint density at radius 3 is 2.09 bits per heavy atom. The molecule has 66 valence electrons. The molecule has 0 amide bonds. The lowest BCUT2D eigenvalue weighted by Crippen LogP contribution is -2.29. The lowest BCUT2D eigenvalue weighted by Gasteiger charge is -2.26. The summed E-state index contributed by atoms with van der Waals surface area (Å²) in [7, 11) is 0. The van der Waals surface area contributed by atoms with Crippen LogP contribution in [-0.4, -0.2) is 12.3 Å². The van der Waals surface area contributed by atoms with Crippen LogP contribution in [0.5, 0.6) is 0 Å². The molecule has 0 radical (unpaired) electrons. The highest BCUT2D eigenvalue weighted by molar-refractivity contribution is 4.77. The molecule has 4 heteroatoms. The molecule has 1 fully saturated rings. The summed E-state index contributed by atoms with van der Waals surface area (Å²) in [6.07, 6.45) is -4.99. The van der Waals surface area contributed by atoms with Gasteiger partial charge in [-0.05, 0) is 25.7 Å². The van der Waals surface area contributed by atoms with E-state index in [2.05, 4.69) is 0 Å². The van der Waals surface area contributed by atoms with Gasteiger partial charge < -0.3 is 0 Å². The minimum atomic E-state index is -4.19. The van der Waals surface area contributed by atoms with Crippen molar-refractivity contribution in [2.75, 3.05) is 0 Å². The van der Waals surface area contributed by atoms with Crippen LogP contribution < -0.4 is 0 Å². The summed E-state index contributed by atoms with van der Waals surface area (Å²) in [5.74, 6) is -1.40. The third-order valence-electron chi connectivity index (χ3n) is 2.07. The summed E-state index contributed by atoms with van der Waals surface area (Å²) in [6.45, 7) is 0. The van der Waals surface area contributed by atoms with Crippen LogP contribution in [0.15, 0.2) is 0 Å². The Bertz CT molecular complexity index is 129. The zero-order valence-corrected chi connectivity index (χ0v) is 5.99. The molecule has 0 aromatic rings. The molecule has 0 spiro atoms. The van der Waals surface area contributed by atoms with Gasteiger partial charge in [0.05, 0.1) is 5.92 Å². The first-order valence-corrected chi connectivity index (χ1v) is 3.71. The summed E-state index contributed by atoms with van der Waals surface area (Å²) in [5.41, 5.74) is 0. The number of rotatable bonds is 0. The van der Waals surface area contributed by atoms with E-state index in [4.69, 9.17) is 0 Å². The van der Waals surface area contributed by atoms with Gasteiger partial charge in [-0.3, -0.25) is 0 Å². The summed E-state index contributed by atoms with van der Waals surface area (Å²) < 4.78 is 48.3. The van der Waals surface area contributed by atoms with Gasteiger partial charge in [0.1, 0.15) is 6.17 Å². The van der Waals surface area contributed by atoms with E-state index in [9.17, 15) is 17.6 Å². The Hall–Kier alpha value is -0.280. The number of hydrogen-bond donors (Lipinski definition) is 0. The monoisotopic (exact) mass is 170 g/mol. The fraction of sp³-hybridized carbons (Fsp3) is 1.00. The summed E-state index contributed by atoms with van der Waals surface area (Å²) in [5, 5.41) is 0. The van der Waals surface area contributed by atoms with Crippen LogP contribution >= 0.6 is 0 Å². The average molecular weight is 170 g/mol. The van der Waals surface area contributed by atoms with Crippen molar-refractivity contribution in [3.8, 4) is 0 Å². The van der Waals surface area contributed by atoms with Crippen LogP contribution in [0.4, 0.5) is 17.6 Å². The molecule has 2 unspecified atom stereocenters. The third kappa shape index (κ3) is 2.34. The van der Waals surface area contributed by atoms with E-state index in [1.54, 1.807) is 0 Å². The van der Waals surface area contributed by atoms with Gasteiger partial charge >= 0.3 is 6.18 Å². The highest BCUT2D eigenvalue weighted by atomic mass is 19.4. The predicted molar refractivity (Wildman–Crippen MR) is 32.9 cm³/mol. The normalized spacial score (nSPS) is 33.8. The highest BCUT2D eigenvalue weighted by Gasteiger charge is 2.42. The molecular formula is C7H10F4. The second-order valence-electron chi connectivity index (χ2n) is 3.00. The van der Waals surface area contributed by atoms with Gasteiger partial charge in [-0.1, -0.05) is 0 Å². The minimum Gasteiger partial charge on any atom is -0.247 e. The highest BCUT2D eigenvalue weighted by Crippen LogP contribution is 2.38. The van der Waals surface area contributed by atoms with Crippen molar-refractivity contribution in [1.82, 2.24) is 0 Å². The van der Waals surface area contributed by atoms with Crippen molar-refractivity contribution in [3.63, 3.8) is 0 Å². The Morgan fingerprint density at radius 2 is 1.73 bits per heavy atom. The molecule has 11 heavy (non-hydrogen) atoms. The molecule has 0 aromatic heterocycles. The van der Waals surface area contributed by atoms with Crippen LogP contribution in [-0.2, 0) is 0 Å². The molecule has 1 rings (SSSR count). The Balaban J connectivity index is 2.46. The van der Waals surface area contributed by atoms with Gasteiger partial charge in [0, 0.05) is 0 Å². The number of halogens is 4. The van der Waals surface area contributed by atoms with Gasteiger partial charge in [-0.15, -0.1) is 0 Å². The van der Waals surface area contributed by atoms with Crippen molar-refractivity contribution < 1.29 is 17.6 Å². The molecule has 0 saturated heterocycles. The maximum atomic E-state index is 12.5. The van der Waals surface area contributed by atoms with E-state index in [1.165, 1.54) is 0 Å². The van der Waals surface area contributed by atoms with Crippen LogP contribution in [0.1, 0.15) is 25.7 Å². The molecule has 1 aliphatic carbocycles. The molecule has 2 atom stereocenters. The Kier molecular flexibility index (Phi) is 2.40. The standard InChI is InChI=1S/C7H10F4/c8-6-3-1-2-5(4-6)7(9,10)11/h5-6H,1-4H2. The second-order valence-corrected chi connectivity index (χ2v) is 3.00. The fourth-order valence-corrected chi connectivity index (χ4v) is 1.43. The zero-order chi connectivity index (χ0) is 8.48. The lowest BCUT2D eigenvalue weighted by molar-refractivity contribution is -0.186. The van der Waals surface area contributed by atoms with E-state index in [-0.39, 0.29) is 12.8 Å². The van der Waals surface area contributed by atoms with Crippen molar-refractivity contribution >= 4 is 0 Å². The molecule has 0 heterocycles. The molecule has 0 aliphatic heterocycles. The quantitative estimate of drug-likeness (QED) is 0.490. The van der Waals surface area contributed by atoms with Gasteiger partial charge in [0.15, 0.2) is 0 Å². The largest absolute Gasteiger partial charge is 0.391 e. The van der Waals surface area contributed by atoms with Crippen molar-refractivity contribution in [2.45, 2.75) is 38.0 Å². The molecule has 0 nitrogen and oxygen atoms in total. The van der Waals surface area contributed by atoms with Crippen LogP contribution in [0.25, 0.3) is 0 Å². The zero-order valence-electron chi connectivity index (χ0n) is 5.99. The van der Waals surface area contributed by atoms with Crippen LogP contribution in [0.3, 0.4) is 0 Å². The topological polar surface area (TPSA) is 0 Å². The van der Waals surface area contributed by atoms with Crippen molar-refractivity contribution in [3.05, 3.63) is 0 Å². The fourth-order valence-electron chi connectivity index (χ4n) is 1.43. The minimum absolute atomic E-state index is 0.101. The predicted octanol–water partition coefficient (Wildman–Crippen LogP) is 3.08. The molecule has 1 aliphatic rings. The first kappa shape index (κ1) is 8.81. The van der Waals surface area contributed by atoms with E-state index >= 15 is 0 Å². The van der Waals surface area contributed by atoms with Crippen molar-refractivity contribution in [2.24, 2.45) is 5.92 Å². The van der Waals surface area contributed by atoms with Crippen LogP contribution in [0.2, 0.25) is 0 Å². The molecule has 0 aromatic carbocycles. The first-order chi connectivity index (χ1) is 5.00. The molecule has 0 N–H and O–H groups in total. The van der Waals surface area contributed by atoms with E-state index < -0.39 is 18.3 Å². The molecular weight excluding hydrogens is 160 g/mol. The maximum Gasteiger partial charge on any atom is 0.391 e. The lowest BCUT2D eigenvalue weighted by atomic mass is 9.88. The van der Waals surface area contributed by atoms with Gasteiger partial charge in [-0.25, -0.2) is 4.39 Å². The van der Waals surface area contributed by atoms with Crippen LogP contribution in [0, 0.1) is 5.92 Å². The third-order valence-corrected chi connectivity index (χ3v) is 2.07. The first-order valence-electron chi connectivity index (χ1n) is 3.71. The SMILES string of the molecule is FC1CCCC(C(F)(F)F)C1. The summed E-state index contributed by atoms with van der Waals surface area (Å²) in [4.78, 5) is 0. The van der Waals surface area contributed by atoms with Gasteiger partial charge in [-0.2, -0.15) is 13.2 Å². The molecule has 1 saturated carbocycles. The van der Waals surface area contributed by atoms with Crippen molar-refractivity contribution in [1.29, 1.82) is 0 Å². The number of hydrogen-bond acceptors (Lipinski definition) is 0. The summed E-state index contributed by atoms with van der Waals surface area (Å²) in [6, 6.07) is 0. The molecule has 0 bridgehead atoms. The van der Waals surface area contributed by atoms with E-state index in [1.807, 2.05) is 0 Å². The number of alkyl halides is 4. The van der Waals surface area contributed by atoms with E-state index in [0.29, 0.717) is 12.8 Å². The second kappa shape index (κ2) is 2.99. The van der Waals surface area contributed by atoms with Gasteiger partial charge in [0.2, 0.25) is 0 Å². The Morgan fingerprint density at radius 1 is 1.09 bits per heavy atom. The Labute approximate surface area is 62.6 Å². The smallest absolute Gasteiger partial charge is 0.247 e. The average Bonchev–Trinajstić information content (AvgIpc) is 1.86.